The Morgan fingerprint density at radius 2 is 2.13 bits per heavy atom. The number of hydrogen-bond donors (Lipinski definition) is 1. The number of methoxy groups -OCH3 is 1. The van der Waals surface area contributed by atoms with Crippen molar-refractivity contribution in [1.82, 2.24) is 0 Å². The second-order valence-corrected chi connectivity index (χ2v) is 3.70. The third kappa shape index (κ3) is 2.72. The van der Waals surface area contributed by atoms with E-state index in [2.05, 4.69) is 28.2 Å². The van der Waals surface area contributed by atoms with Gasteiger partial charge in [-0.25, -0.2) is 0 Å². The summed E-state index contributed by atoms with van der Waals surface area (Å²) in [4.78, 5) is 0. The molecule has 1 rings (SSSR count). The second-order valence-electron chi connectivity index (χ2n) is 3.13. The fourth-order valence-corrected chi connectivity index (χ4v) is 1.73. The zero-order chi connectivity index (χ0) is 11.3. The molecule has 0 saturated heterocycles. The van der Waals surface area contributed by atoms with E-state index in [-0.39, 0.29) is 0 Å². The molecule has 0 saturated carbocycles. The third-order valence-corrected chi connectivity index (χ3v) is 2.99. The Bertz CT molecular complexity index is 366. The van der Waals surface area contributed by atoms with Gasteiger partial charge >= 0.3 is 0 Å². The molecule has 1 unspecified atom stereocenters. The normalized spacial score (nSPS) is 13.8. The highest BCUT2D eigenvalue weighted by molar-refractivity contribution is 9.09. The van der Waals surface area contributed by atoms with Crippen LogP contribution in [0.4, 0.5) is 0 Å². The Morgan fingerprint density at radius 1 is 1.53 bits per heavy atom. The van der Waals surface area contributed by atoms with E-state index >= 15 is 0 Å². The summed E-state index contributed by atoms with van der Waals surface area (Å²) in [6, 6.07) is 7.24. The summed E-state index contributed by atoms with van der Waals surface area (Å²) in [7, 11) is 1.61. The minimum Gasteiger partial charge on any atom is -0.497 e. The molecule has 0 fully saturated rings. The lowest BCUT2D eigenvalue weighted by molar-refractivity contribution is 0.118. The van der Waals surface area contributed by atoms with Crippen LogP contribution in [0.5, 0.6) is 5.75 Å². The van der Waals surface area contributed by atoms with Crippen molar-refractivity contribution >= 4 is 15.9 Å². The van der Waals surface area contributed by atoms with E-state index in [1.807, 2.05) is 12.1 Å². The molecular weight excluding hydrogens is 256 g/mol. The molecule has 0 spiro atoms. The van der Waals surface area contributed by atoms with Gasteiger partial charge in [0.15, 0.2) is 0 Å². The van der Waals surface area contributed by atoms with E-state index in [4.69, 9.17) is 4.74 Å². The molecule has 0 aliphatic rings. The van der Waals surface area contributed by atoms with Gasteiger partial charge in [-0.15, -0.1) is 5.73 Å². The standard InChI is InChI=1S/C12H13BrO2/c1-3-8-12(14,9-13)10-4-6-11(15-2)7-5-10/h4-8,14H,1,9H2,2H3. The molecule has 1 aromatic rings. The highest BCUT2D eigenvalue weighted by Crippen LogP contribution is 2.26. The average Bonchev–Trinajstić information content (AvgIpc) is 2.29. The van der Waals surface area contributed by atoms with Gasteiger partial charge in [-0.3, -0.25) is 0 Å². The molecule has 2 nitrogen and oxygen atoms in total. The number of alkyl halides is 1. The molecule has 0 radical (unpaired) electrons. The van der Waals surface area contributed by atoms with Gasteiger partial charge in [0.2, 0.25) is 0 Å². The predicted octanol–water partition coefficient (Wildman–Crippen LogP) is 2.62. The maximum Gasteiger partial charge on any atom is 0.125 e. The molecule has 15 heavy (non-hydrogen) atoms. The van der Waals surface area contributed by atoms with Crippen molar-refractivity contribution < 1.29 is 9.84 Å². The molecule has 1 N–H and O–H groups in total. The largest absolute Gasteiger partial charge is 0.497 e. The minimum atomic E-state index is -1.06. The quantitative estimate of drug-likeness (QED) is 0.672. The van der Waals surface area contributed by atoms with Crippen molar-refractivity contribution in [2.24, 2.45) is 0 Å². The molecule has 80 valence electrons. The number of aliphatic hydroxyl groups is 1. The van der Waals surface area contributed by atoms with Crippen molar-refractivity contribution in [2.75, 3.05) is 12.4 Å². The van der Waals surface area contributed by atoms with Crippen LogP contribution >= 0.6 is 15.9 Å². The summed E-state index contributed by atoms with van der Waals surface area (Å²) in [5, 5.41) is 10.6. The van der Waals surface area contributed by atoms with Crippen molar-refractivity contribution in [2.45, 2.75) is 5.60 Å². The molecule has 1 aromatic carbocycles. The fourth-order valence-electron chi connectivity index (χ4n) is 1.25. The predicted molar refractivity (Wildman–Crippen MR) is 64.4 cm³/mol. The van der Waals surface area contributed by atoms with Gasteiger partial charge < -0.3 is 9.84 Å². The van der Waals surface area contributed by atoms with Gasteiger partial charge in [-0.2, -0.15) is 0 Å². The van der Waals surface area contributed by atoms with Crippen molar-refractivity contribution in [3.05, 3.63) is 48.2 Å². The monoisotopic (exact) mass is 268 g/mol. The number of hydrogen-bond acceptors (Lipinski definition) is 2. The Balaban J connectivity index is 3.07. The summed E-state index contributed by atoms with van der Waals surface area (Å²) in [6.45, 7) is 3.47. The van der Waals surface area contributed by atoms with Crippen LogP contribution in [0.3, 0.4) is 0 Å². The first kappa shape index (κ1) is 12.1. The lowest BCUT2D eigenvalue weighted by atomic mass is 9.96. The van der Waals surface area contributed by atoms with E-state index in [1.165, 1.54) is 6.08 Å². The fraction of sp³-hybridized carbons (Fsp3) is 0.250. The molecule has 0 aliphatic heterocycles. The number of halogens is 1. The Kier molecular flexibility index (Phi) is 4.15. The van der Waals surface area contributed by atoms with E-state index in [0.717, 1.165) is 11.3 Å². The maximum absolute atomic E-state index is 10.2. The molecule has 0 aliphatic carbocycles. The number of rotatable bonds is 4. The van der Waals surface area contributed by atoms with Crippen LogP contribution in [0.15, 0.2) is 42.7 Å². The summed E-state index contributed by atoms with van der Waals surface area (Å²) >= 11 is 3.26. The molecule has 0 aromatic heterocycles. The zero-order valence-corrected chi connectivity index (χ0v) is 10.1. The van der Waals surface area contributed by atoms with Gasteiger partial charge in [-0.05, 0) is 23.8 Å². The summed E-state index contributed by atoms with van der Waals surface area (Å²) in [5.41, 5.74) is 2.31. The molecule has 0 bridgehead atoms. The van der Waals surface area contributed by atoms with E-state index in [0.29, 0.717) is 5.33 Å². The Labute approximate surface area is 98.0 Å². The molecule has 0 amide bonds. The van der Waals surface area contributed by atoms with Gasteiger partial charge in [-0.1, -0.05) is 34.6 Å². The molecule has 1 atom stereocenters. The third-order valence-electron chi connectivity index (χ3n) is 2.13. The van der Waals surface area contributed by atoms with Crippen LogP contribution in [0.2, 0.25) is 0 Å². The van der Waals surface area contributed by atoms with Crippen molar-refractivity contribution in [1.29, 1.82) is 0 Å². The van der Waals surface area contributed by atoms with Gasteiger partial charge in [0.05, 0.1) is 7.11 Å². The molecular formula is C12H13BrO2. The smallest absolute Gasteiger partial charge is 0.125 e. The van der Waals surface area contributed by atoms with Gasteiger partial charge in [0, 0.05) is 5.33 Å². The maximum atomic E-state index is 10.2. The summed E-state index contributed by atoms with van der Waals surface area (Å²) < 4.78 is 5.04. The van der Waals surface area contributed by atoms with E-state index < -0.39 is 5.60 Å². The Hall–Kier alpha value is -1.02. The SMILES string of the molecule is C=C=CC(O)(CBr)c1ccc(OC)cc1. The van der Waals surface area contributed by atoms with Crippen LogP contribution in [0.1, 0.15) is 5.56 Å². The number of ether oxygens (including phenoxy) is 1. The van der Waals surface area contributed by atoms with Crippen LogP contribution < -0.4 is 4.74 Å². The lowest BCUT2D eigenvalue weighted by Crippen LogP contribution is -2.24. The summed E-state index contributed by atoms with van der Waals surface area (Å²) in [5.74, 6) is 0.762. The average molecular weight is 269 g/mol. The first-order chi connectivity index (χ1) is 7.16. The zero-order valence-electron chi connectivity index (χ0n) is 8.53. The van der Waals surface area contributed by atoms with Gasteiger partial charge in [0.1, 0.15) is 11.4 Å². The van der Waals surface area contributed by atoms with Crippen LogP contribution in [-0.2, 0) is 5.60 Å². The van der Waals surface area contributed by atoms with Crippen molar-refractivity contribution in [3.63, 3.8) is 0 Å². The Morgan fingerprint density at radius 3 is 2.53 bits per heavy atom. The van der Waals surface area contributed by atoms with E-state index in [9.17, 15) is 5.11 Å². The first-order valence-corrected chi connectivity index (χ1v) is 5.58. The van der Waals surface area contributed by atoms with Gasteiger partial charge in [0.25, 0.3) is 0 Å². The minimum absolute atomic E-state index is 0.398. The first-order valence-electron chi connectivity index (χ1n) is 4.46. The molecule has 3 heteroatoms. The number of benzene rings is 1. The van der Waals surface area contributed by atoms with Crippen molar-refractivity contribution in [3.8, 4) is 5.75 Å². The highest BCUT2D eigenvalue weighted by Gasteiger charge is 2.24. The molecule has 0 heterocycles. The summed E-state index contributed by atoms with van der Waals surface area (Å²) in [6.07, 6.45) is 1.53. The second kappa shape index (κ2) is 5.17. The van der Waals surface area contributed by atoms with Crippen LogP contribution in [-0.4, -0.2) is 17.5 Å². The lowest BCUT2D eigenvalue weighted by Gasteiger charge is -2.21. The van der Waals surface area contributed by atoms with Crippen LogP contribution in [0, 0.1) is 0 Å². The topological polar surface area (TPSA) is 29.5 Å². The highest BCUT2D eigenvalue weighted by atomic mass is 79.9. The van der Waals surface area contributed by atoms with Crippen LogP contribution in [0.25, 0.3) is 0 Å². The van der Waals surface area contributed by atoms with E-state index in [1.54, 1.807) is 19.2 Å².